The molecule has 2 aromatic rings. The summed E-state index contributed by atoms with van der Waals surface area (Å²) in [6.07, 6.45) is 3.45. The number of rotatable bonds is 4. The van der Waals surface area contributed by atoms with E-state index in [1.807, 2.05) is 65.6 Å². The molecule has 0 unspecified atom stereocenters. The molecule has 0 spiro atoms. The molecule has 1 saturated heterocycles. The van der Waals surface area contributed by atoms with Crippen LogP contribution in [0.5, 0.6) is 11.5 Å². The van der Waals surface area contributed by atoms with E-state index in [9.17, 15) is 4.79 Å². The molecule has 1 aliphatic heterocycles. The number of benzene rings is 2. The van der Waals surface area contributed by atoms with Gasteiger partial charge in [0.05, 0.1) is 5.88 Å². The minimum absolute atomic E-state index is 0.0551. The van der Waals surface area contributed by atoms with Crippen molar-refractivity contribution in [3.05, 3.63) is 66.2 Å². The summed E-state index contributed by atoms with van der Waals surface area (Å²) in [4.78, 5) is 13.9. The summed E-state index contributed by atoms with van der Waals surface area (Å²) in [5.41, 5.74) is 0.895. The van der Waals surface area contributed by atoms with Crippen LogP contribution in [0.1, 0.15) is 5.56 Å². The van der Waals surface area contributed by atoms with Crippen LogP contribution in [0.25, 0.3) is 6.08 Å². The van der Waals surface area contributed by atoms with E-state index in [4.69, 9.17) is 4.74 Å². The number of thioether (sulfide) groups is 1. The third kappa shape index (κ3) is 3.71. The fourth-order valence-corrected chi connectivity index (χ4v) is 3.14. The molecular formula is C18H17NO2S. The summed E-state index contributed by atoms with van der Waals surface area (Å²) in [6.45, 7) is 0.829. The lowest BCUT2D eigenvalue weighted by atomic mass is 10.2. The number of carbonyl (C=O) groups excluding carboxylic acids is 1. The number of carbonyl (C=O) groups is 1. The highest BCUT2D eigenvalue weighted by Gasteiger charge is 2.15. The normalized spacial score (nSPS) is 14.5. The van der Waals surface area contributed by atoms with E-state index in [1.165, 1.54) is 0 Å². The average Bonchev–Trinajstić information content (AvgIpc) is 3.09. The predicted molar refractivity (Wildman–Crippen MR) is 91.0 cm³/mol. The highest BCUT2D eigenvalue weighted by Crippen LogP contribution is 2.26. The quantitative estimate of drug-likeness (QED) is 0.799. The van der Waals surface area contributed by atoms with Gasteiger partial charge in [-0.15, -0.1) is 11.8 Å². The Labute approximate surface area is 134 Å². The second-order valence-electron chi connectivity index (χ2n) is 4.93. The molecule has 0 aromatic heterocycles. The van der Waals surface area contributed by atoms with Crippen molar-refractivity contribution < 1.29 is 9.53 Å². The molecule has 0 N–H and O–H groups in total. The molecule has 1 fully saturated rings. The second-order valence-corrected chi connectivity index (χ2v) is 6.00. The largest absolute Gasteiger partial charge is 0.457 e. The fourth-order valence-electron chi connectivity index (χ4n) is 2.18. The number of hydrogen-bond donors (Lipinski definition) is 0. The molecule has 0 aliphatic carbocycles. The molecule has 0 atom stereocenters. The molecule has 3 rings (SSSR count). The molecule has 0 radical (unpaired) electrons. The number of amides is 1. The van der Waals surface area contributed by atoms with Crippen LogP contribution in [0.4, 0.5) is 0 Å². The van der Waals surface area contributed by atoms with Gasteiger partial charge in [0.25, 0.3) is 0 Å². The lowest BCUT2D eigenvalue weighted by Crippen LogP contribution is -2.25. The van der Waals surface area contributed by atoms with E-state index < -0.39 is 0 Å². The molecule has 2 aromatic carbocycles. The molecule has 0 bridgehead atoms. The first-order valence-corrected chi connectivity index (χ1v) is 8.35. The number of ether oxygens (including phenoxy) is 1. The van der Waals surface area contributed by atoms with Crippen LogP contribution >= 0.6 is 11.8 Å². The maximum Gasteiger partial charge on any atom is 0.247 e. The first-order valence-electron chi connectivity index (χ1n) is 7.19. The third-order valence-corrected chi connectivity index (χ3v) is 4.33. The maximum atomic E-state index is 12.1. The second kappa shape index (κ2) is 7.18. The van der Waals surface area contributed by atoms with Crippen LogP contribution in [0.2, 0.25) is 0 Å². The van der Waals surface area contributed by atoms with Gasteiger partial charge in [-0.1, -0.05) is 36.4 Å². The van der Waals surface area contributed by atoms with E-state index in [1.54, 1.807) is 17.8 Å². The Bertz CT molecular complexity index is 664. The number of hydrogen-bond acceptors (Lipinski definition) is 3. The molecule has 1 amide bonds. The average molecular weight is 311 g/mol. The van der Waals surface area contributed by atoms with Crippen molar-refractivity contribution in [2.24, 2.45) is 0 Å². The van der Waals surface area contributed by atoms with Crippen LogP contribution in [0.15, 0.2) is 60.7 Å². The first-order chi connectivity index (χ1) is 10.8. The van der Waals surface area contributed by atoms with Crippen molar-refractivity contribution >= 4 is 23.7 Å². The van der Waals surface area contributed by atoms with Gasteiger partial charge in [0.15, 0.2) is 0 Å². The zero-order chi connectivity index (χ0) is 15.2. The van der Waals surface area contributed by atoms with Crippen LogP contribution in [-0.4, -0.2) is 29.0 Å². The van der Waals surface area contributed by atoms with E-state index in [-0.39, 0.29) is 5.91 Å². The smallest absolute Gasteiger partial charge is 0.247 e. The molecule has 1 heterocycles. The molecule has 112 valence electrons. The Morgan fingerprint density at radius 1 is 1.09 bits per heavy atom. The van der Waals surface area contributed by atoms with Crippen LogP contribution in [0.3, 0.4) is 0 Å². The SMILES string of the molecule is O=C(C=Cc1ccccc1Oc1ccccc1)N1CCSC1. The summed E-state index contributed by atoms with van der Waals surface area (Å²) in [7, 11) is 0. The van der Waals surface area contributed by atoms with Crippen LogP contribution < -0.4 is 4.74 Å². The highest BCUT2D eigenvalue weighted by molar-refractivity contribution is 7.99. The van der Waals surface area contributed by atoms with Crippen LogP contribution in [0, 0.1) is 0 Å². The molecule has 22 heavy (non-hydrogen) atoms. The van der Waals surface area contributed by atoms with E-state index in [0.717, 1.165) is 35.2 Å². The molecule has 1 aliphatic rings. The maximum absolute atomic E-state index is 12.1. The zero-order valence-electron chi connectivity index (χ0n) is 12.1. The van der Waals surface area contributed by atoms with Gasteiger partial charge in [-0.3, -0.25) is 4.79 Å². The Kier molecular flexibility index (Phi) is 4.81. The monoisotopic (exact) mass is 311 g/mol. The van der Waals surface area contributed by atoms with Gasteiger partial charge in [-0.2, -0.15) is 0 Å². The molecule has 0 saturated carbocycles. The van der Waals surface area contributed by atoms with E-state index >= 15 is 0 Å². The summed E-state index contributed by atoms with van der Waals surface area (Å²) in [5.74, 6) is 3.39. The summed E-state index contributed by atoms with van der Waals surface area (Å²) in [5, 5.41) is 0. The Morgan fingerprint density at radius 3 is 2.64 bits per heavy atom. The Hall–Kier alpha value is -2.20. The Morgan fingerprint density at radius 2 is 1.86 bits per heavy atom. The number of para-hydroxylation sites is 2. The topological polar surface area (TPSA) is 29.5 Å². The van der Waals surface area contributed by atoms with Crippen molar-refractivity contribution in [1.29, 1.82) is 0 Å². The number of nitrogens with zero attached hydrogens (tertiary/aromatic N) is 1. The van der Waals surface area contributed by atoms with Gasteiger partial charge in [0, 0.05) is 23.9 Å². The Balaban J connectivity index is 1.74. The first kappa shape index (κ1) is 14.7. The zero-order valence-corrected chi connectivity index (χ0v) is 13.0. The van der Waals surface area contributed by atoms with Crippen molar-refractivity contribution in [3.8, 4) is 11.5 Å². The van der Waals surface area contributed by atoms with Gasteiger partial charge in [0.1, 0.15) is 11.5 Å². The van der Waals surface area contributed by atoms with Gasteiger partial charge in [-0.05, 0) is 24.3 Å². The third-order valence-electron chi connectivity index (χ3n) is 3.36. The summed E-state index contributed by atoms with van der Waals surface area (Å²) in [6, 6.07) is 17.3. The predicted octanol–water partition coefficient (Wildman–Crippen LogP) is 4.03. The fraction of sp³-hybridized carbons (Fsp3) is 0.167. The van der Waals surface area contributed by atoms with Crippen molar-refractivity contribution in [3.63, 3.8) is 0 Å². The van der Waals surface area contributed by atoms with Crippen molar-refractivity contribution in [1.82, 2.24) is 4.90 Å². The van der Waals surface area contributed by atoms with Gasteiger partial charge in [-0.25, -0.2) is 0 Å². The van der Waals surface area contributed by atoms with Crippen LogP contribution in [-0.2, 0) is 4.79 Å². The molecular weight excluding hydrogens is 294 g/mol. The highest BCUT2D eigenvalue weighted by atomic mass is 32.2. The minimum Gasteiger partial charge on any atom is -0.457 e. The van der Waals surface area contributed by atoms with Crippen molar-refractivity contribution in [2.45, 2.75) is 0 Å². The van der Waals surface area contributed by atoms with E-state index in [0.29, 0.717) is 0 Å². The van der Waals surface area contributed by atoms with Gasteiger partial charge >= 0.3 is 0 Å². The van der Waals surface area contributed by atoms with Gasteiger partial charge in [0.2, 0.25) is 5.91 Å². The summed E-state index contributed by atoms with van der Waals surface area (Å²) < 4.78 is 5.89. The minimum atomic E-state index is 0.0551. The van der Waals surface area contributed by atoms with Gasteiger partial charge < -0.3 is 9.64 Å². The van der Waals surface area contributed by atoms with Crippen molar-refractivity contribution in [2.75, 3.05) is 18.2 Å². The lowest BCUT2D eigenvalue weighted by molar-refractivity contribution is -0.124. The van der Waals surface area contributed by atoms with E-state index in [2.05, 4.69) is 0 Å². The lowest BCUT2D eigenvalue weighted by Gasteiger charge is -2.11. The summed E-state index contributed by atoms with van der Waals surface area (Å²) >= 11 is 1.78. The molecule has 3 nitrogen and oxygen atoms in total. The standard InChI is InChI=1S/C18H17NO2S/c20-18(19-12-13-22-14-19)11-10-15-6-4-5-9-17(15)21-16-7-2-1-3-8-16/h1-11H,12-14H2. The molecule has 4 heteroatoms.